The number of nitrogens with zero attached hydrogens (tertiary/aromatic N) is 2. The van der Waals surface area contributed by atoms with Crippen LogP contribution in [-0.2, 0) is 11.8 Å². The fraction of sp³-hybridized carbons (Fsp3) is 0.0417. The Labute approximate surface area is 301 Å². The average molecular weight is 667 g/mol. The molecule has 0 saturated heterocycles. The molecule has 1 aliphatic heterocycles. The Bertz CT molecular complexity index is 2720. The molecule has 0 saturated carbocycles. The van der Waals surface area contributed by atoms with E-state index in [1.54, 1.807) is 0 Å². The van der Waals surface area contributed by atoms with Crippen LogP contribution >= 0.6 is 11.8 Å². The van der Waals surface area contributed by atoms with Crippen LogP contribution in [0, 0.1) is 0 Å². The van der Waals surface area contributed by atoms with Crippen LogP contribution in [-0.4, -0.2) is 9.97 Å². The van der Waals surface area contributed by atoms with Gasteiger partial charge in [0, 0.05) is 26.5 Å². The summed E-state index contributed by atoms with van der Waals surface area (Å²) in [5.74, 6) is 0.728. The van der Waals surface area contributed by atoms with Gasteiger partial charge < -0.3 is 0 Å². The zero-order valence-electron chi connectivity index (χ0n) is 27.7. The third-order valence-electron chi connectivity index (χ3n) is 10.9. The quantitative estimate of drug-likeness (QED) is 0.188. The number of aromatic nitrogens is 2. The van der Waals surface area contributed by atoms with Crippen molar-refractivity contribution in [3.63, 3.8) is 0 Å². The van der Waals surface area contributed by atoms with Crippen LogP contribution in [0.25, 0.3) is 61.9 Å². The molecule has 0 unspecified atom stereocenters. The van der Waals surface area contributed by atoms with Crippen LogP contribution in [0.2, 0.25) is 0 Å². The molecule has 1 aromatic heterocycles. The van der Waals surface area contributed by atoms with Gasteiger partial charge in [0.05, 0.1) is 16.8 Å². The number of allylic oxidation sites excluding steroid dienone is 1. The second-order valence-corrected chi connectivity index (χ2v) is 14.7. The summed E-state index contributed by atoms with van der Waals surface area (Å²) in [5, 5.41) is 2.59. The molecule has 1 spiro atoms. The second-order valence-electron chi connectivity index (χ2n) is 13.6. The molecule has 3 heteroatoms. The first-order chi connectivity index (χ1) is 25.3. The third kappa shape index (κ3) is 4.13. The molecule has 0 N–H and O–H groups in total. The Kier molecular flexibility index (Phi) is 6.20. The lowest BCUT2D eigenvalue weighted by atomic mass is 9.67. The van der Waals surface area contributed by atoms with Crippen molar-refractivity contribution in [1.82, 2.24) is 9.97 Å². The van der Waals surface area contributed by atoms with Gasteiger partial charge in [-0.3, -0.25) is 0 Å². The molecule has 3 aliphatic rings. The van der Waals surface area contributed by atoms with Crippen LogP contribution in [0.1, 0.15) is 33.4 Å². The van der Waals surface area contributed by atoms with Gasteiger partial charge >= 0.3 is 0 Å². The van der Waals surface area contributed by atoms with Gasteiger partial charge in [0.15, 0.2) is 5.82 Å². The predicted octanol–water partition coefficient (Wildman–Crippen LogP) is 12.0. The van der Waals surface area contributed by atoms with E-state index in [1.165, 1.54) is 65.1 Å². The summed E-state index contributed by atoms with van der Waals surface area (Å²) in [6.07, 6.45) is 5.50. The molecule has 0 bridgehead atoms. The van der Waals surface area contributed by atoms with E-state index in [2.05, 4.69) is 164 Å². The van der Waals surface area contributed by atoms with Gasteiger partial charge in [-0.2, -0.15) is 0 Å². The molecule has 8 aromatic rings. The van der Waals surface area contributed by atoms with Crippen molar-refractivity contribution in [3.05, 3.63) is 197 Å². The van der Waals surface area contributed by atoms with Crippen molar-refractivity contribution < 1.29 is 0 Å². The summed E-state index contributed by atoms with van der Waals surface area (Å²) in [4.78, 5) is 13.1. The Balaban J connectivity index is 1.19. The van der Waals surface area contributed by atoms with Gasteiger partial charge in [-0.05, 0) is 86.0 Å². The zero-order valence-corrected chi connectivity index (χ0v) is 28.5. The van der Waals surface area contributed by atoms with Crippen molar-refractivity contribution >= 4 is 28.6 Å². The molecule has 0 amide bonds. The maximum Gasteiger partial charge on any atom is 0.160 e. The Hall–Kier alpha value is -6.03. The molecule has 2 heterocycles. The van der Waals surface area contributed by atoms with Crippen molar-refractivity contribution in [2.24, 2.45) is 0 Å². The van der Waals surface area contributed by atoms with E-state index in [9.17, 15) is 0 Å². The highest BCUT2D eigenvalue weighted by molar-refractivity contribution is 7.99. The Morgan fingerprint density at radius 3 is 2.00 bits per heavy atom. The minimum Gasteiger partial charge on any atom is -0.228 e. The zero-order chi connectivity index (χ0) is 33.5. The molecule has 0 atom stereocenters. The smallest absolute Gasteiger partial charge is 0.160 e. The molecule has 2 nitrogen and oxygen atoms in total. The van der Waals surface area contributed by atoms with Crippen LogP contribution in [0.15, 0.2) is 174 Å². The maximum atomic E-state index is 5.36. The second kappa shape index (κ2) is 11.0. The van der Waals surface area contributed by atoms with Crippen molar-refractivity contribution in [2.75, 3.05) is 0 Å². The fourth-order valence-corrected chi connectivity index (χ4v) is 10.1. The topological polar surface area (TPSA) is 25.8 Å². The first kappa shape index (κ1) is 28.8. The summed E-state index contributed by atoms with van der Waals surface area (Å²) in [7, 11) is 0. The molecule has 0 fully saturated rings. The SMILES string of the molecule is C1=Cc2cc(-c3cc(-c4cccc5c4Sc4ccccc4C54c5ccccc5-c5ccccc54)nc(-c4ccccc4)n3)cc3cccc(c23)C1. The van der Waals surface area contributed by atoms with Gasteiger partial charge in [0.1, 0.15) is 0 Å². The Morgan fingerprint density at radius 2 is 1.18 bits per heavy atom. The lowest BCUT2D eigenvalue weighted by Gasteiger charge is -2.40. The molecule has 11 rings (SSSR count). The molecule has 2 aliphatic carbocycles. The number of benzene rings is 7. The van der Waals surface area contributed by atoms with E-state index in [1.807, 2.05) is 17.8 Å². The average Bonchev–Trinajstić information content (AvgIpc) is 3.49. The van der Waals surface area contributed by atoms with Crippen molar-refractivity contribution in [3.8, 4) is 45.0 Å². The largest absolute Gasteiger partial charge is 0.228 e. The van der Waals surface area contributed by atoms with Gasteiger partial charge in [0.25, 0.3) is 0 Å². The van der Waals surface area contributed by atoms with Crippen LogP contribution in [0.5, 0.6) is 0 Å². The van der Waals surface area contributed by atoms with E-state index >= 15 is 0 Å². The minimum atomic E-state index is -0.441. The lowest BCUT2D eigenvalue weighted by molar-refractivity contribution is 0.723. The van der Waals surface area contributed by atoms with Crippen LogP contribution in [0.4, 0.5) is 0 Å². The number of hydrogen-bond acceptors (Lipinski definition) is 3. The summed E-state index contributed by atoms with van der Waals surface area (Å²) < 4.78 is 0. The predicted molar refractivity (Wildman–Crippen MR) is 210 cm³/mol. The molecule has 7 aromatic carbocycles. The van der Waals surface area contributed by atoms with Crippen molar-refractivity contribution in [1.29, 1.82) is 0 Å². The van der Waals surface area contributed by atoms with E-state index in [4.69, 9.17) is 9.97 Å². The monoisotopic (exact) mass is 666 g/mol. The van der Waals surface area contributed by atoms with E-state index in [0.29, 0.717) is 0 Å². The summed E-state index contributed by atoms with van der Waals surface area (Å²) in [6, 6.07) is 57.6. The van der Waals surface area contributed by atoms with Gasteiger partial charge in [-0.1, -0.05) is 157 Å². The number of fused-ring (bicyclic) bond motifs is 9. The minimum absolute atomic E-state index is 0.441. The normalized spacial score (nSPS) is 14.2. The first-order valence-electron chi connectivity index (χ1n) is 17.5. The highest BCUT2D eigenvalue weighted by Crippen LogP contribution is 2.63. The van der Waals surface area contributed by atoms with E-state index in [-0.39, 0.29) is 0 Å². The van der Waals surface area contributed by atoms with Crippen LogP contribution < -0.4 is 0 Å². The summed E-state index contributed by atoms with van der Waals surface area (Å²) >= 11 is 1.87. The first-order valence-corrected chi connectivity index (χ1v) is 18.4. The third-order valence-corrected chi connectivity index (χ3v) is 12.2. The highest BCUT2D eigenvalue weighted by Gasteiger charge is 2.50. The van der Waals surface area contributed by atoms with Gasteiger partial charge in [-0.15, -0.1) is 0 Å². The standard InChI is InChI=1S/C48H30N2S/c1-2-13-31(14-3-1)47-49-42(34-27-32-17-10-15-30-16-11-18-33(28-34)45(30)32)29-43(50-47)37-21-12-25-41-46(37)51-44-26-9-8-24-40(44)48(41)38-22-6-4-19-35(38)36-20-5-7-23-39(36)48/h1-15,17-29H,16H2. The molecule has 0 radical (unpaired) electrons. The van der Waals surface area contributed by atoms with E-state index < -0.39 is 5.41 Å². The molecular weight excluding hydrogens is 637 g/mol. The maximum absolute atomic E-state index is 5.36. The summed E-state index contributed by atoms with van der Waals surface area (Å²) in [6.45, 7) is 0. The molecular formula is C48H30N2S. The number of rotatable bonds is 3. The van der Waals surface area contributed by atoms with Gasteiger partial charge in [-0.25, -0.2) is 9.97 Å². The Morgan fingerprint density at radius 1 is 0.510 bits per heavy atom. The molecule has 51 heavy (non-hydrogen) atoms. The highest BCUT2D eigenvalue weighted by atomic mass is 32.2. The van der Waals surface area contributed by atoms with Crippen molar-refractivity contribution in [2.45, 2.75) is 21.6 Å². The van der Waals surface area contributed by atoms with Crippen LogP contribution in [0.3, 0.4) is 0 Å². The van der Waals surface area contributed by atoms with Gasteiger partial charge in [0.2, 0.25) is 0 Å². The molecule has 238 valence electrons. The lowest BCUT2D eigenvalue weighted by Crippen LogP contribution is -2.32. The van der Waals surface area contributed by atoms with E-state index in [0.717, 1.165) is 40.3 Å². The summed E-state index contributed by atoms with van der Waals surface area (Å²) in [5.41, 5.74) is 15.2. The fourth-order valence-electron chi connectivity index (χ4n) is 8.83. The number of hydrogen-bond donors (Lipinski definition) is 0.